The van der Waals surface area contributed by atoms with Crippen molar-refractivity contribution < 1.29 is 23.1 Å². The minimum Gasteiger partial charge on any atom is -0.481 e. The Hall–Kier alpha value is -1.94. The number of aryl methyl sites for hydroxylation is 1. The molecule has 27 heavy (non-hydrogen) atoms. The van der Waals surface area contributed by atoms with Crippen LogP contribution < -0.4 is 5.32 Å². The number of amides is 1. The number of carbonyl (C=O) groups excluding carboxylic acids is 1. The van der Waals surface area contributed by atoms with E-state index in [4.69, 9.17) is 5.11 Å². The molecule has 1 aromatic heterocycles. The molecule has 2 N–H and O–H groups in total. The van der Waals surface area contributed by atoms with Crippen molar-refractivity contribution in [3.8, 4) is 0 Å². The Morgan fingerprint density at radius 3 is 2.26 bits per heavy atom. The van der Waals surface area contributed by atoms with Crippen molar-refractivity contribution in [2.24, 2.45) is 5.92 Å². The number of aromatic nitrogens is 2. The highest BCUT2D eigenvalue weighted by molar-refractivity contribution is 7.89. The molecule has 2 rings (SSSR count). The summed E-state index contributed by atoms with van der Waals surface area (Å²) in [5.74, 6) is -1.65. The molecule has 1 fully saturated rings. The summed E-state index contributed by atoms with van der Waals surface area (Å²) in [5.41, 5.74) is 0.338. The molecule has 1 aromatic rings. The monoisotopic (exact) mass is 400 g/mol. The van der Waals surface area contributed by atoms with Crippen molar-refractivity contribution in [1.29, 1.82) is 0 Å². The van der Waals surface area contributed by atoms with Crippen LogP contribution in [0.15, 0.2) is 4.90 Å². The second-order valence-electron chi connectivity index (χ2n) is 7.97. The summed E-state index contributed by atoms with van der Waals surface area (Å²) in [6.07, 6.45) is 0.573. The molecule has 0 aliphatic carbocycles. The number of hydrogen-bond acceptors (Lipinski definition) is 5. The fraction of sp³-hybridized carbons (Fsp3) is 0.706. The van der Waals surface area contributed by atoms with E-state index < -0.39 is 27.4 Å². The second kappa shape index (κ2) is 7.59. The van der Waals surface area contributed by atoms with E-state index in [9.17, 15) is 18.0 Å². The zero-order valence-electron chi connectivity index (χ0n) is 16.4. The first kappa shape index (κ1) is 21.4. The molecule has 1 aliphatic rings. The minimum atomic E-state index is -3.80. The minimum absolute atomic E-state index is 0.0689. The summed E-state index contributed by atoms with van der Waals surface area (Å²) < 4.78 is 28.8. The number of nitrogens with one attached hydrogen (secondary N) is 1. The molecule has 0 unspecified atom stereocenters. The molecular weight excluding hydrogens is 372 g/mol. The topological polar surface area (TPSA) is 122 Å². The fourth-order valence-corrected chi connectivity index (χ4v) is 5.12. The maximum atomic E-state index is 13.1. The van der Waals surface area contributed by atoms with Gasteiger partial charge in [-0.3, -0.25) is 14.3 Å². The quantitative estimate of drug-likeness (QED) is 0.757. The molecule has 9 nitrogen and oxygen atoms in total. The smallest absolute Gasteiger partial charge is 0.306 e. The van der Waals surface area contributed by atoms with Crippen LogP contribution in [-0.2, 0) is 26.2 Å². The average molecular weight is 401 g/mol. The number of carboxylic acid groups (broad SMARTS) is 1. The molecule has 10 heteroatoms. The van der Waals surface area contributed by atoms with E-state index in [2.05, 4.69) is 10.4 Å². The molecule has 0 bridgehead atoms. The lowest BCUT2D eigenvalue weighted by Crippen LogP contribution is -2.42. The Balaban J connectivity index is 2.22. The molecule has 2 heterocycles. The Bertz CT molecular complexity index is 830. The highest BCUT2D eigenvalue weighted by Gasteiger charge is 2.35. The first-order valence-electron chi connectivity index (χ1n) is 8.91. The van der Waals surface area contributed by atoms with Gasteiger partial charge >= 0.3 is 5.97 Å². The van der Waals surface area contributed by atoms with Crippen molar-refractivity contribution in [3.05, 3.63) is 11.4 Å². The Morgan fingerprint density at radius 2 is 1.78 bits per heavy atom. The van der Waals surface area contributed by atoms with Crippen LogP contribution in [0.1, 0.15) is 45.0 Å². The number of hydrogen-bond donors (Lipinski definition) is 2. The van der Waals surface area contributed by atoms with Gasteiger partial charge in [0.05, 0.1) is 17.3 Å². The Kier molecular flexibility index (Phi) is 6.00. The van der Waals surface area contributed by atoms with Gasteiger partial charge < -0.3 is 10.4 Å². The van der Waals surface area contributed by atoms with Crippen LogP contribution in [-0.4, -0.2) is 58.1 Å². The summed E-state index contributed by atoms with van der Waals surface area (Å²) in [5, 5.41) is 16.1. The van der Waals surface area contributed by atoms with Gasteiger partial charge in [0.15, 0.2) is 0 Å². The van der Waals surface area contributed by atoms with Crippen molar-refractivity contribution in [1.82, 2.24) is 19.4 Å². The zero-order valence-corrected chi connectivity index (χ0v) is 17.3. The van der Waals surface area contributed by atoms with Gasteiger partial charge in [0.1, 0.15) is 11.4 Å². The third-order valence-corrected chi connectivity index (χ3v) is 6.68. The molecule has 1 saturated heterocycles. The van der Waals surface area contributed by atoms with E-state index in [-0.39, 0.29) is 43.3 Å². The summed E-state index contributed by atoms with van der Waals surface area (Å²) in [6, 6.07) is 0. The zero-order chi connectivity index (χ0) is 20.6. The lowest BCUT2D eigenvalue weighted by Gasteiger charge is -2.29. The summed E-state index contributed by atoms with van der Waals surface area (Å²) >= 11 is 0. The van der Waals surface area contributed by atoms with Gasteiger partial charge in [0.2, 0.25) is 15.9 Å². The van der Waals surface area contributed by atoms with Crippen molar-refractivity contribution in [3.63, 3.8) is 0 Å². The van der Waals surface area contributed by atoms with E-state index in [0.29, 0.717) is 11.4 Å². The summed E-state index contributed by atoms with van der Waals surface area (Å²) in [4.78, 5) is 23.3. The number of aliphatic carboxylic acids is 1. The normalized spacial score (nSPS) is 17.1. The van der Waals surface area contributed by atoms with Gasteiger partial charge in [-0.05, 0) is 47.5 Å². The largest absolute Gasteiger partial charge is 0.481 e. The number of carbonyl (C=O) groups is 2. The third-order valence-electron chi connectivity index (χ3n) is 4.52. The lowest BCUT2D eigenvalue weighted by atomic mass is 9.99. The van der Waals surface area contributed by atoms with Crippen LogP contribution >= 0.6 is 0 Å². The molecule has 0 spiro atoms. The summed E-state index contributed by atoms with van der Waals surface area (Å²) in [7, 11) is -3.80. The maximum absolute atomic E-state index is 13.1. The third kappa shape index (κ3) is 4.86. The molecule has 0 atom stereocenters. The highest BCUT2D eigenvalue weighted by atomic mass is 32.2. The van der Waals surface area contributed by atoms with Crippen LogP contribution in [0.25, 0.3) is 0 Å². The van der Waals surface area contributed by atoms with Crippen LogP contribution in [0.4, 0.5) is 0 Å². The average Bonchev–Trinajstić information content (AvgIpc) is 2.79. The van der Waals surface area contributed by atoms with E-state index in [1.165, 1.54) is 8.99 Å². The van der Waals surface area contributed by atoms with Crippen LogP contribution in [0.2, 0.25) is 0 Å². The van der Waals surface area contributed by atoms with Gasteiger partial charge in [-0.2, -0.15) is 9.40 Å². The first-order valence-corrected chi connectivity index (χ1v) is 10.3. The van der Waals surface area contributed by atoms with Gasteiger partial charge in [-0.15, -0.1) is 0 Å². The fourth-order valence-electron chi connectivity index (χ4n) is 3.27. The predicted octanol–water partition coefficient (Wildman–Crippen LogP) is 0.900. The highest BCUT2D eigenvalue weighted by Crippen LogP contribution is 2.27. The molecule has 0 radical (unpaired) electrons. The predicted molar refractivity (Wildman–Crippen MR) is 98.7 cm³/mol. The Morgan fingerprint density at radius 1 is 1.22 bits per heavy atom. The maximum Gasteiger partial charge on any atom is 0.306 e. The molecule has 1 aliphatic heterocycles. The van der Waals surface area contributed by atoms with E-state index >= 15 is 0 Å². The summed E-state index contributed by atoms with van der Waals surface area (Å²) in [6.45, 7) is 9.07. The Labute approximate surface area is 159 Å². The molecule has 0 aromatic carbocycles. The van der Waals surface area contributed by atoms with E-state index in [1.807, 2.05) is 20.8 Å². The number of carboxylic acids is 1. The first-order chi connectivity index (χ1) is 12.3. The second-order valence-corrected chi connectivity index (χ2v) is 9.85. The van der Waals surface area contributed by atoms with Gasteiger partial charge in [-0.1, -0.05) is 0 Å². The molecule has 0 saturated carbocycles. The van der Waals surface area contributed by atoms with E-state index in [1.54, 1.807) is 13.8 Å². The molecule has 1 amide bonds. The number of nitrogens with zero attached hydrogens (tertiary/aromatic N) is 3. The molecular formula is C17H28N4O5S. The van der Waals surface area contributed by atoms with Crippen molar-refractivity contribution in [2.75, 3.05) is 13.1 Å². The van der Waals surface area contributed by atoms with Gasteiger partial charge in [0, 0.05) is 18.6 Å². The number of sulfonamides is 1. The SMILES string of the molecule is Cc1nn(CC(=O)NC(C)(C)C)c(C)c1S(=O)(=O)N1CCC(C(=O)O)CC1. The lowest BCUT2D eigenvalue weighted by molar-refractivity contribution is -0.143. The molecule has 152 valence electrons. The van der Waals surface area contributed by atoms with Crippen molar-refractivity contribution >= 4 is 21.9 Å². The van der Waals surface area contributed by atoms with Crippen molar-refractivity contribution in [2.45, 2.75) is 64.4 Å². The number of piperidine rings is 1. The standard InChI is InChI=1S/C17H28N4O5S/c1-11-15(12(2)21(19-11)10-14(22)18-17(3,4)5)27(25,26)20-8-6-13(7-9-20)16(23)24/h13H,6-10H2,1-5H3,(H,18,22)(H,23,24). The number of rotatable bonds is 5. The van der Waals surface area contributed by atoms with Crippen LogP contribution in [0.3, 0.4) is 0 Å². The van der Waals surface area contributed by atoms with Crippen LogP contribution in [0, 0.1) is 19.8 Å². The van der Waals surface area contributed by atoms with Crippen LogP contribution in [0.5, 0.6) is 0 Å². The van der Waals surface area contributed by atoms with Gasteiger partial charge in [-0.25, -0.2) is 8.42 Å². The van der Waals surface area contributed by atoms with Gasteiger partial charge in [0.25, 0.3) is 0 Å². The van der Waals surface area contributed by atoms with E-state index in [0.717, 1.165) is 0 Å².